The highest BCUT2D eigenvalue weighted by atomic mass is 32.1. The quantitative estimate of drug-likeness (QED) is 0.390. The predicted octanol–water partition coefficient (Wildman–Crippen LogP) is 5.32. The molecule has 1 spiro atoms. The van der Waals surface area contributed by atoms with Gasteiger partial charge in [0.2, 0.25) is 11.7 Å². The lowest BCUT2D eigenvalue weighted by molar-refractivity contribution is -0.122. The first-order valence-electron chi connectivity index (χ1n) is 11.7. The van der Waals surface area contributed by atoms with Crippen molar-refractivity contribution in [2.45, 2.75) is 17.5 Å². The second kappa shape index (κ2) is 7.63. The fourth-order valence-electron chi connectivity index (χ4n) is 6.30. The van der Waals surface area contributed by atoms with E-state index >= 15 is 0 Å². The number of fused-ring (bicyclic) bond motifs is 6. The fraction of sp³-hybridized carbons (Fsp3) is 0.138. The number of carbonyl (C=O) groups is 3. The van der Waals surface area contributed by atoms with Crippen LogP contribution in [0.2, 0.25) is 0 Å². The van der Waals surface area contributed by atoms with Crippen molar-refractivity contribution in [2.24, 2.45) is 5.92 Å². The molecule has 7 heteroatoms. The molecule has 0 aliphatic carbocycles. The van der Waals surface area contributed by atoms with Gasteiger partial charge in [0, 0.05) is 11.9 Å². The van der Waals surface area contributed by atoms with Crippen molar-refractivity contribution < 1.29 is 18.8 Å². The standard InChI is InChI=1S/C29H20N2O4S/c32-25(21-11-5-15-35-21)23-24(26(33)22-12-6-16-36-22)31-14-13-17-7-1-2-8-18(17)27(31)29(23)19-9-3-4-10-20(19)30-28(29)34/h1-16,23-24,27H,(H,30,34)/t23-,24+,27+,29+/m1/s1. The van der Waals surface area contributed by atoms with E-state index < -0.39 is 23.4 Å². The van der Waals surface area contributed by atoms with Crippen molar-refractivity contribution in [2.75, 3.05) is 5.32 Å². The van der Waals surface area contributed by atoms with E-state index in [0.717, 1.165) is 16.7 Å². The van der Waals surface area contributed by atoms with Gasteiger partial charge in [0.05, 0.1) is 23.1 Å². The maximum atomic E-state index is 14.3. The van der Waals surface area contributed by atoms with Crippen molar-refractivity contribution in [3.8, 4) is 0 Å². The number of hydrogen-bond donors (Lipinski definition) is 1. The number of Topliss-reactive ketones (excluding diaryl/α,β-unsaturated/α-hetero) is 2. The van der Waals surface area contributed by atoms with Crippen LogP contribution in [0.5, 0.6) is 0 Å². The largest absolute Gasteiger partial charge is 0.461 e. The Morgan fingerprint density at radius 2 is 1.78 bits per heavy atom. The monoisotopic (exact) mass is 492 g/mol. The molecular weight excluding hydrogens is 472 g/mol. The van der Waals surface area contributed by atoms with Gasteiger partial charge in [-0.2, -0.15) is 0 Å². The average Bonchev–Trinajstić information content (AvgIpc) is 3.70. The minimum absolute atomic E-state index is 0.137. The van der Waals surface area contributed by atoms with Crippen LogP contribution in [-0.2, 0) is 10.2 Å². The highest BCUT2D eigenvalue weighted by Gasteiger charge is 2.71. The Kier molecular flexibility index (Phi) is 4.47. The number of carbonyl (C=O) groups excluding carboxylic acids is 3. The van der Waals surface area contributed by atoms with Crippen LogP contribution in [0.4, 0.5) is 5.69 Å². The summed E-state index contributed by atoms with van der Waals surface area (Å²) in [7, 11) is 0. The van der Waals surface area contributed by atoms with Crippen LogP contribution in [0.3, 0.4) is 0 Å². The zero-order valence-corrected chi connectivity index (χ0v) is 19.8. The molecular formula is C29H20N2O4S. The Bertz CT molecular complexity index is 1560. The highest BCUT2D eigenvalue weighted by molar-refractivity contribution is 7.12. The number of furan rings is 1. The van der Waals surface area contributed by atoms with Crippen molar-refractivity contribution in [1.82, 2.24) is 4.90 Å². The minimum atomic E-state index is -1.33. The summed E-state index contributed by atoms with van der Waals surface area (Å²) in [6, 6.07) is 20.7. The molecule has 1 amide bonds. The predicted molar refractivity (Wildman–Crippen MR) is 136 cm³/mol. The number of rotatable bonds is 4. The van der Waals surface area contributed by atoms with Gasteiger partial charge in [0.25, 0.3) is 0 Å². The van der Waals surface area contributed by atoms with Gasteiger partial charge in [-0.15, -0.1) is 11.3 Å². The van der Waals surface area contributed by atoms with Crippen LogP contribution in [-0.4, -0.2) is 28.4 Å². The van der Waals surface area contributed by atoms with E-state index in [9.17, 15) is 14.4 Å². The van der Waals surface area contributed by atoms with Crippen molar-refractivity contribution in [3.05, 3.63) is 118 Å². The molecule has 0 unspecified atom stereocenters. The third kappa shape index (κ3) is 2.63. The Morgan fingerprint density at radius 3 is 2.58 bits per heavy atom. The van der Waals surface area contributed by atoms with Gasteiger partial charge in [-0.3, -0.25) is 14.4 Å². The molecule has 1 fully saturated rings. The molecule has 3 aliphatic heterocycles. The maximum absolute atomic E-state index is 14.3. The summed E-state index contributed by atoms with van der Waals surface area (Å²) in [4.78, 5) is 45.1. The third-order valence-corrected chi connectivity index (χ3v) is 8.53. The number of anilines is 1. The number of nitrogens with zero attached hydrogens (tertiary/aromatic N) is 1. The molecule has 7 rings (SSSR count). The normalized spacial score (nSPS) is 25.4. The number of thiophene rings is 1. The second-order valence-corrected chi connectivity index (χ2v) is 10.2. The molecule has 2 aromatic heterocycles. The summed E-state index contributed by atoms with van der Waals surface area (Å²) in [5.41, 5.74) is 1.92. The molecule has 5 heterocycles. The van der Waals surface area contributed by atoms with Crippen LogP contribution < -0.4 is 5.32 Å². The van der Waals surface area contributed by atoms with Gasteiger partial charge >= 0.3 is 0 Å². The molecule has 1 saturated heterocycles. The summed E-state index contributed by atoms with van der Waals surface area (Å²) in [6.45, 7) is 0. The van der Waals surface area contributed by atoms with E-state index in [1.807, 2.05) is 77.2 Å². The van der Waals surface area contributed by atoms with Gasteiger partial charge in [-0.25, -0.2) is 0 Å². The fourth-order valence-corrected chi connectivity index (χ4v) is 7.00. The Hall–Kier alpha value is -4.23. The smallest absolute Gasteiger partial charge is 0.238 e. The van der Waals surface area contributed by atoms with Crippen molar-refractivity contribution in [3.63, 3.8) is 0 Å². The summed E-state index contributed by atoms with van der Waals surface area (Å²) in [6.07, 6.45) is 5.26. The first-order chi connectivity index (χ1) is 17.6. The molecule has 0 bridgehead atoms. The molecule has 1 N–H and O–H groups in total. The molecule has 4 atom stereocenters. The van der Waals surface area contributed by atoms with E-state index in [-0.39, 0.29) is 23.2 Å². The first kappa shape index (κ1) is 21.1. The lowest BCUT2D eigenvalue weighted by atomic mass is 9.63. The Morgan fingerprint density at radius 1 is 0.944 bits per heavy atom. The minimum Gasteiger partial charge on any atom is -0.461 e. The number of para-hydroxylation sites is 1. The number of amides is 1. The number of ketones is 2. The zero-order valence-electron chi connectivity index (χ0n) is 19.0. The van der Waals surface area contributed by atoms with E-state index in [1.165, 1.54) is 17.6 Å². The van der Waals surface area contributed by atoms with E-state index in [1.54, 1.807) is 18.2 Å². The van der Waals surface area contributed by atoms with Gasteiger partial charge in [0.1, 0.15) is 11.5 Å². The van der Waals surface area contributed by atoms with E-state index in [4.69, 9.17) is 4.42 Å². The summed E-state index contributed by atoms with van der Waals surface area (Å²) in [5, 5.41) is 4.88. The molecule has 36 heavy (non-hydrogen) atoms. The van der Waals surface area contributed by atoms with Gasteiger partial charge < -0.3 is 14.6 Å². The molecule has 6 nitrogen and oxygen atoms in total. The lowest BCUT2D eigenvalue weighted by Crippen LogP contribution is -2.49. The van der Waals surface area contributed by atoms with E-state index in [2.05, 4.69) is 5.32 Å². The molecule has 176 valence electrons. The summed E-state index contributed by atoms with van der Waals surface area (Å²) in [5.74, 6) is -1.70. The van der Waals surface area contributed by atoms with Gasteiger partial charge in [-0.05, 0) is 52.4 Å². The summed E-state index contributed by atoms with van der Waals surface area (Å²) < 4.78 is 5.55. The molecule has 0 saturated carbocycles. The Balaban J connectivity index is 1.56. The lowest BCUT2D eigenvalue weighted by Gasteiger charge is -2.38. The highest BCUT2D eigenvalue weighted by Crippen LogP contribution is 2.62. The van der Waals surface area contributed by atoms with Crippen molar-refractivity contribution in [1.29, 1.82) is 0 Å². The molecule has 3 aliphatic rings. The van der Waals surface area contributed by atoms with Crippen LogP contribution in [0.15, 0.2) is 95.1 Å². The van der Waals surface area contributed by atoms with Crippen LogP contribution in [0, 0.1) is 5.92 Å². The maximum Gasteiger partial charge on any atom is 0.238 e. The number of benzene rings is 2. The zero-order chi connectivity index (χ0) is 24.4. The number of hydrogen-bond acceptors (Lipinski definition) is 6. The SMILES string of the molecule is O=C(c1cccs1)[C@@H]1[C@H](C(=O)c2ccco2)[C@]2(C(=O)Nc3ccccc32)[C@@H]2c3ccccc3C=CN12. The van der Waals surface area contributed by atoms with E-state index in [0.29, 0.717) is 10.6 Å². The summed E-state index contributed by atoms with van der Waals surface area (Å²) >= 11 is 1.34. The van der Waals surface area contributed by atoms with Gasteiger partial charge in [-0.1, -0.05) is 48.5 Å². The van der Waals surface area contributed by atoms with Crippen molar-refractivity contribution >= 4 is 40.6 Å². The van der Waals surface area contributed by atoms with Crippen LogP contribution in [0.25, 0.3) is 6.08 Å². The molecule has 0 radical (unpaired) electrons. The topological polar surface area (TPSA) is 79.6 Å². The first-order valence-corrected chi connectivity index (χ1v) is 12.6. The third-order valence-electron chi connectivity index (χ3n) is 7.65. The Labute approximate surface area is 210 Å². The molecule has 2 aromatic carbocycles. The number of nitrogens with one attached hydrogen (secondary N) is 1. The molecule has 4 aromatic rings. The van der Waals surface area contributed by atoms with Crippen LogP contribution >= 0.6 is 11.3 Å². The second-order valence-electron chi connectivity index (χ2n) is 9.27. The van der Waals surface area contributed by atoms with Gasteiger partial charge in [0.15, 0.2) is 11.5 Å². The average molecular weight is 493 g/mol. The van der Waals surface area contributed by atoms with Crippen LogP contribution in [0.1, 0.15) is 43.0 Å².